The fourth-order valence-corrected chi connectivity index (χ4v) is 3.91. The minimum Gasteiger partial charge on any atom is -0.378 e. The van der Waals surface area contributed by atoms with Crippen LogP contribution in [0.5, 0.6) is 0 Å². The molecule has 0 saturated carbocycles. The van der Waals surface area contributed by atoms with Crippen LogP contribution in [0.4, 0.5) is 0 Å². The molecule has 2 fully saturated rings. The van der Waals surface area contributed by atoms with Gasteiger partial charge in [0.1, 0.15) is 5.82 Å². The Balaban J connectivity index is 1.58. The average molecular weight is 313 g/mol. The Morgan fingerprint density at radius 3 is 2.96 bits per heavy atom. The highest BCUT2D eigenvalue weighted by Gasteiger charge is 2.34. The van der Waals surface area contributed by atoms with Crippen LogP contribution >= 0.6 is 0 Å². The summed E-state index contributed by atoms with van der Waals surface area (Å²) in [4.78, 5) is 19.5. The molecular formula is C18H23N3O2. The van der Waals surface area contributed by atoms with Crippen molar-refractivity contribution in [3.8, 4) is 0 Å². The van der Waals surface area contributed by atoms with E-state index in [0.29, 0.717) is 6.42 Å². The van der Waals surface area contributed by atoms with Crippen molar-refractivity contribution in [2.24, 2.45) is 7.05 Å². The predicted octanol–water partition coefficient (Wildman–Crippen LogP) is 2.81. The Hall–Kier alpha value is -1.88. The lowest BCUT2D eigenvalue weighted by atomic mass is 10.1. The summed E-state index contributed by atoms with van der Waals surface area (Å²) in [7, 11) is 2.05. The zero-order valence-corrected chi connectivity index (χ0v) is 13.6. The average Bonchev–Trinajstić information content (AvgIpc) is 3.27. The van der Waals surface area contributed by atoms with E-state index in [9.17, 15) is 4.79 Å². The first kappa shape index (κ1) is 14.7. The van der Waals surface area contributed by atoms with Gasteiger partial charge in [0.2, 0.25) is 5.91 Å². The van der Waals surface area contributed by atoms with Crippen molar-refractivity contribution in [2.45, 2.75) is 44.2 Å². The van der Waals surface area contributed by atoms with Gasteiger partial charge in [-0.25, -0.2) is 4.98 Å². The molecule has 2 saturated heterocycles. The van der Waals surface area contributed by atoms with Crippen molar-refractivity contribution in [1.82, 2.24) is 14.5 Å². The number of benzene rings is 1. The topological polar surface area (TPSA) is 47.4 Å². The Morgan fingerprint density at radius 1 is 1.30 bits per heavy atom. The Bertz CT molecular complexity index is 718. The molecule has 3 heterocycles. The maximum atomic E-state index is 12.7. The van der Waals surface area contributed by atoms with Gasteiger partial charge in [-0.2, -0.15) is 0 Å². The summed E-state index contributed by atoms with van der Waals surface area (Å²) in [6.45, 7) is 1.63. The van der Waals surface area contributed by atoms with Crippen LogP contribution in [0, 0.1) is 0 Å². The summed E-state index contributed by atoms with van der Waals surface area (Å²) in [5.41, 5.74) is 2.13. The first-order chi connectivity index (χ1) is 11.2. The molecule has 0 aliphatic carbocycles. The van der Waals surface area contributed by atoms with E-state index in [1.807, 2.05) is 30.1 Å². The van der Waals surface area contributed by atoms with Crippen LogP contribution in [0.15, 0.2) is 24.3 Å². The summed E-state index contributed by atoms with van der Waals surface area (Å²) >= 11 is 0. The van der Waals surface area contributed by atoms with Crippen molar-refractivity contribution in [3.63, 3.8) is 0 Å². The maximum absolute atomic E-state index is 12.7. The number of ether oxygens (including phenoxy) is 1. The monoisotopic (exact) mass is 313 g/mol. The van der Waals surface area contributed by atoms with E-state index in [1.165, 1.54) is 0 Å². The summed E-state index contributed by atoms with van der Waals surface area (Å²) in [5.74, 6) is 1.22. The number of aryl methyl sites for hydroxylation is 1. The number of imidazole rings is 1. The van der Waals surface area contributed by atoms with Gasteiger partial charge in [-0.05, 0) is 37.8 Å². The highest BCUT2D eigenvalue weighted by atomic mass is 16.5. The number of nitrogens with zero attached hydrogens (tertiary/aromatic N) is 3. The summed E-state index contributed by atoms with van der Waals surface area (Å²) < 4.78 is 7.76. The lowest BCUT2D eigenvalue weighted by Crippen LogP contribution is -2.34. The number of rotatable bonds is 3. The summed E-state index contributed by atoms with van der Waals surface area (Å²) in [6, 6.07) is 8.25. The molecule has 2 aliphatic rings. The van der Waals surface area contributed by atoms with Crippen molar-refractivity contribution in [2.75, 3.05) is 13.2 Å². The van der Waals surface area contributed by atoms with Crippen molar-refractivity contribution in [3.05, 3.63) is 30.1 Å². The largest absolute Gasteiger partial charge is 0.378 e. The molecule has 2 aromatic rings. The lowest BCUT2D eigenvalue weighted by molar-refractivity contribution is -0.134. The molecule has 4 rings (SSSR count). The van der Waals surface area contributed by atoms with Crippen LogP contribution in [0.2, 0.25) is 0 Å². The quantitative estimate of drug-likeness (QED) is 0.875. The van der Waals surface area contributed by atoms with E-state index in [-0.39, 0.29) is 18.1 Å². The van der Waals surface area contributed by atoms with Gasteiger partial charge < -0.3 is 14.2 Å². The predicted molar refractivity (Wildman–Crippen MR) is 88.0 cm³/mol. The molecule has 122 valence electrons. The number of hydrogen-bond donors (Lipinski definition) is 0. The summed E-state index contributed by atoms with van der Waals surface area (Å²) in [5, 5.41) is 0. The van der Waals surface area contributed by atoms with Crippen molar-refractivity contribution < 1.29 is 9.53 Å². The third-order valence-corrected chi connectivity index (χ3v) is 5.12. The van der Waals surface area contributed by atoms with E-state index in [2.05, 4.69) is 10.6 Å². The van der Waals surface area contributed by atoms with Gasteiger partial charge in [-0.15, -0.1) is 0 Å². The van der Waals surface area contributed by atoms with Gasteiger partial charge in [0.25, 0.3) is 0 Å². The molecule has 1 amide bonds. The molecule has 0 spiro atoms. The number of hydrogen-bond acceptors (Lipinski definition) is 3. The van der Waals surface area contributed by atoms with Crippen molar-refractivity contribution >= 4 is 16.9 Å². The third kappa shape index (κ3) is 2.63. The van der Waals surface area contributed by atoms with E-state index >= 15 is 0 Å². The standard InChI is InChI=1S/C18H23N3O2/c1-20-15-8-3-2-7-14(15)19-18(20)16-9-4-10-21(16)17(22)12-13-6-5-11-23-13/h2-3,7-8,13,16H,4-6,9-12H2,1H3/t13-,16-/m0/s1. The number of para-hydroxylation sites is 2. The molecule has 23 heavy (non-hydrogen) atoms. The molecule has 5 heteroatoms. The second kappa shape index (κ2) is 5.96. The fourth-order valence-electron chi connectivity index (χ4n) is 3.91. The van der Waals surface area contributed by atoms with Crippen LogP contribution in [0.25, 0.3) is 11.0 Å². The molecular weight excluding hydrogens is 290 g/mol. The highest BCUT2D eigenvalue weighted by Crippen LogP contribution is 2.34. The van der Waals surface area contributed by atoms with Crippen LogP contribution in [-0.4, -0.2) is 39.6 Å². The smallest absolute Gasteiger partial charge is 0.225 e. The number of likely N-dealkylation sites (tertiary alicyclic amines) is 1. The second-order valence-corrected chi connectivity index (χ2v) is 6.60. The van der Waals surface area contributed by atoms with Gasteiger partial charge in [0.15, 0.2) is 0 Å². The molecule has 2 atom stereocenters. The van der Waals surface area contributed by atoms with Gasteiger partial charge in [-0.1, -0.05) is 12.1 Å². The van der Waals surface area contributed by atoms with Crippen LogP contribution in [0.3, 0.4) is 0 Å². The van der Waals surface area contributed by atoms with Gasteiger partial charge in [0.05, 0.1) is 29.6 Å². The molecule has 0 N–H and O–H groups in total. The van der Waals surface area contributed by atoms with E-state index in [4.69, 9.17) is 9.72 Å². The van der Waals surface area contributed by atoms with E-state index in [1.54, 1.807) is 0 Å². The number of carbonyl (C=O) groups excluding carboxylic acids is 1. The van der Waals surface area contributed by atoms with Crippen molar-refractivity contribution in [1.29, 1.82) is 0 Å². The van der Waals surface area contributed by atoms with Gasteiger partial charge >= 0.3 is 0 Å². The first-order valence-corrected chi connectivity index (χ1v) is 8.56. The molecule has 5 nitrogen and oxygen atoms in total. The Morgan fingerprint density at radius 2 is 2.17 bits per heavy atom. The maximum Gasteiger partial charge on any atom is 0.225 e. The lowest BCUT2D eigenvalue weighted by Gasteiger charge is -2.25. The Labute approximate surface area is 136 Å². The van der Waals surface area contributed by atoms with Crippen LogP contribution in [0.1, 0.15) is 44.0 Å². The molecule has 1 aromatic heterocycles. The zero-order chi connectivity index (χ0) is 15.8. The van der Waals surface area contributed by atoms with Gasteiger partial charge in [0, 0.05) is 20.2 Å². The number of fused-ring (bicyclic) bond motifs is 1. The molecule has 0 radical (unpaired) electrons. The number of aromatic nitrogens is 2. The normalized spacial score (nSPS) is 24.7. The highest BCUT2D eigenvalue weighted by molar-refractivity contribution is 5.78. The third-order valence-electron chi connectivity index (χ3n) is 5.12. The van der Waals surface area contributed by atoms with E-state index < -0.39 is 0 Å². The van der Waals surface area contributed by atoms with Gasteiger partial charge in [-0.3, -0.25) is 4.79 Å². The molecule has 2 aliphatic heterocycles. The minimum atomic E-state index is 0.0984. The number of amides is 1. The first-order valence-electron chi connectivity index (χ1n) is 8.56. The number of carbonyl (C=O) groups is 1. The molecule has 0 bridgehead atoms. The fraction of sp³-hybridized carbons (Fsp3) is 0.556. The van der Waals surface area contributed by atoms with E-state index in [0.717, 1.165) is 55.7 Å². The van der Waals surface area contributed by atoms with Crippen LogP contribution < -0.4 is 0 Å². The SMILES string of the molecule is Cn1c([C@@H]2CCCN2C(=O)C[C@@H]2CCCO2)nc2ccccc21. The molecule has 1 aromatic carbocycles. The van der Waals surface area contributed by atoms with Crippen LogP contribution in [-0.2, 0) is 16.6 Å². The summed E-state index contributed by atoms with van der Waals surface area (Å²) in [6.07, 6.45) is 4.76. The zero-order valence-electron chi connectivity index (χ0n) is 13.6. The molecule has 0 unspecified atom stereocenters. The Kier molecular flexibility index (Phi) is 3.81. The minimum absolute atomic E-state index is 0.0984. The second-order valence-electron chi connectivity index (χ2n) is 6.60.